The molecular formula is C14H16N8O5S. The van der Waals surface area contributed by atoms with E-state index in [0.29, 0.717) is 16.2 Å². The van der Waals surface area contributed by atoms with Gasteiger partial charge in [0.1, 0.15) is 22.9 Å². The zero-order chi connectivity index (χ0) is 20.0. The molecule has 4 rings (SSSR count). The van der Waals surface area contributed by atoms with Crippen molar-refractivity contribution in [3.05, 3.63) is 22.8 Å². The maximum Gasteiger partial charge on any atom is 0.396 e. The van der Waals surface area contributed by atoms with E-state index in [2.05, 4.69) is 19.9 Å². The topological polar surface area (TPSA) is 180 Å². The lowest BCUT2D eigenvalue weighted by Crippen LogP contribution is -2.24. The molecule has 0 unspecified atom stereocenters. The highest BCUT2D eigenvalue weighted by Gasteiger charge is 2.35. The molecule has 0 aromatic carbocycles. The second kappa shape index (κ2) is 6.97. The van der Waals surface area contributed by atoms with Gasteiger partial charge in [0.25, 0.3) is 0 Å². The summed E-state index contributed by atoms with van der Waals surface area (Å²) in [6.45, 7) is -0.313. The van der Waals surface area contributed by atoms with Crippen LogP contribution in [0.3, 0.4) is 0 Å². The molecule has 0 radical (unpaired) electrons. The van der Waals surface area contributed by atoms with Gasteiger partial charge in [0, 0.05) is 13.5 Å². The normalized spacial score (nSPS) is 22.2. The zero-order valence-corrected chi connectivity index (χ0v) is 15.4. The smallest absolute Gasteiger partial charge is 0.394 e. The Bertz CT molecular complexity index is 1050. The predicted octanol–water partition coefficient (Wildman–Crippen LogP) is -0.158. The minimum absolute atomic E-state index is 0.0428. The largest absolute Gasteiger partial charge is 0.396 e. The molecule has 0 saturated carbocycles. The summed E-state index contributed by atoms with van der Waals surface area (Å²) in [4.78, 5) is 27.1. The minimum atomic E-state index is -0.822. The molecule has 4 N–H and O–H groups in total. The maximum atomic E-state index is 11.2. The number of ether oxygens (including phenoxy) is 1. The van der Waals surface area contributed by atoms with Gasteiger partial charge in [-0.1, -0.05) is 0 Å². The zero-order valence-electron chi connectivity index (χ0n) is 14.5. The van der Waals surface area contributed by atoms with Gasteiger partial charge in [-0.25, -0.2) is 9.97 Å². The Balaban J connectivity index is 1.75. The van der Waals surface area contributed by atoms with E-state index in [1.807, 2.05) is 0 Å². The number of nitrogens with two attached hydrogens (primary N) is 1. The van der Waals surface area contributed by atoms with Gasteiger partial charge in [0.15, 0.2) is 10.7 Å². The van der Waals surface area contributed by atoms with E-state index in [4.69, 9.17) is 10.5 Å². The SMILES string of the molecule is Cn1cnc([N+](=O)[O-])c1Sc1nc(N)nc2c1ncn2[C@H]1C[C@@H](O)[C@H](CO)O1. The van der Waals surface area contributed by atoms with Crippen LogP contribution in [0.15, 0.2) is 22.7 Å². The van der Waals surface area contributed by atoms with Crippen molar-refractivity contribution in [3.8, 4) is 0 Å². The van der Waals surface area contributed by atoms with Crippen LogP contribution in [0.2, 0.25) is 0 Å². The first-order valence-corrected chi connectivity index (χ1v) is 8.98. The van der Waals surface area contributed by atoms with Crippen molar-refractivity contribution in [2.24, 2.45) is 7.05 Å². The second-order valence-corrected chi connectivity index (χ2v) is 7.15. The molecule has 4 heterocycles. The van der Waals surface area contributed by atoms with Crippen LogP contribution in [0.4, 0.5) is 11.8 Å². The number of nitrogen functional groups attached to an aromatic ring is 1. The van der Waals surface area contributed by atoms with Crippen LogP contribution in [0.25, 0.3) is 11.2 Å². The Morgan fingerprint density at radius 1 is 1.43 bits per heavy atom. The van der Waals surface area contributed by atoms with Crippen LogP contribution < -0.4 is 5.73 Å². The number of aliphatic hydroxyl groups excluding tert-OH is 2. The molecule has 1 aliphatic rings. The highest BCUT2D eigenvalue weighted by molar-refractivity contribution is 7.99. The van der Waals surface area contributed by atoms with E-state index in [0.717, 1.165) is 11.8 Å². The Labute approximate surface area is 161 Å². The fourth-order valence-electron chi connectivity index (χ4n) is 2.98. The summed E-state index contributed by atoms with van der Waals surface area (Å²) in [6, 6.07) is 0. The number of nitro groups is 1. The molecule has 1 aliphatic heterocycles. The first kappa shape index (κ1) is 18.5. The quantitative estimate of drug-likeness (QED) is 0.290. The summed E-state index contributed by atoms with van der Waals surface area (Å²) in [5.41, 5.74) is 6.57. The number of hydrogen-bond acceptors (Lipinski definition) is 11. The third-order valence-electron chi connectivity index (χ3n) is 4.33. The molecular weight excluding hydrogens is 392 g/mol. The van der Waals surface area contributed by atoms with Gasteiger partial charge in [-0.2, -0.15) is 4.98 Å². The van der Waals surface area contributed by atoms with Gasteiger partial charge in [-0.3, -0.25) is 4.57 Å². The molecule has 14 heteroatoms. The third-order valence-corrected chi connectivity index (χ3v) is 5.47. The number of aliphatic hydroxyl groups is 2. The van der Waals surface area contributed by atoms with Crippen molar-refractivity contribution in [2.75, 3.05) is 12.3 Å². The molecule has 0 amide bonds. The van der Waals surface area contributed by atoms with E-state index < -0.39 is 23.4 Å². The molecule has 0 spiro atoms. The molecule has 0 bridgehead atoms. The summed E-state index contributed by atoms with van der Waals surface area (Å²) in [6.07, 6.45) is 0.942. The number of imidazole rings is 2. The van der Waals surface area contributed by atoms with Crippen molar-refractivity contribution < 1.29 is 19.9 Å². The second-order valence-electron chi connectivity index (χ2n) is 6.17. The van der Waals surface area contributed by atoms with Crippen LogP contribution in [0.1, 0.15) is 12.6 Å². The highest BCUT2D eigenvalue weighted by Crippen LogP contribution is 2.37. The lowest BCUT2D eigenvalue weighted by molar-refractivity contribution is -0.392. The summed E-state index contributed by atoms with van der Waals surface area (Å²) >= 11 is 1.00. The van der Waals surface area contributed by atoms with Crippen molar-refractivity contribution in [3.63, 3.8) is 0 Å². The molecule has 3 aromatic heterocycles. The maximum absolute atomic E-state index is 11.2. The first-order valence-electron chi connectivity index (χ1n) is 8.17. The number of aryl methyl sites for hydroxylation is 1. The van der Waals surface area contributed by atoms with Crippen LogP contribution in [0, 0.1) is 10.1 Å². The lowest BCUT2D eigenvalue weighted by atomic mass is 10.2. The number of rotatable bonds is 5. The monoisotopic (exact) mass is 408 g/mol. The molecule has 28 heavy (non-hydrogen) atoms. The summed E-state index contributed by atoms with van der Waals surface area (Å²) in [5.74, 6) is -0.343. The number of hydrogen-bond donors (Lipinski definition) is 3. The van der Waals surface area contributed by atoms with Gasteiger partial charge in [-0.05, 0) is 21.7 Å². The van der Waals surface area contributed by atoms with Crippen LogP contribution in [-0.4, -0.2) is 63.0 Å². The predicted molar refractivity (Wildman–Crippen MR) is 95.3 cm³/mol. The van der Waals surface area contributed by atoms with Crippen molar-refractivity contribution >= 4 is 34.7 Å². The average Bonchev–Trinajstić information content (AvgIpc) is 3.32. The fourth-order valence-corrected chi connectivity index (χ4v) is 3.95. The van der Waals surface area contributed by atoms with Gasteiger partial charge < -0.3 is 35.4 Å². The summed E-state index contributed by atoms with van der Waals surface area (Å²) in [7, 11) is 1.63. The fraction of sp³-hybridized carbons (Fsp3) is 0.429. The summed E-state index contributed by atoms with van der Waals surface area (Å²) < 4.78 is 8.74. The van der Waals surface area contributed by atoms with E-state index in [9.17, 15) is 20.3 Å². The van der Waals surface area contributed by atoms with E-state index in [1.165, 1.54) is 17.2 Å². The van der Waals surface area contributed by atoms with E-state index >= 15 is 0 Å². The third kappa shape index (κ3) is 3.05. The van der Waals surface area contributed by atoms with Gasteiger partial charge in [0.05, 0.1) is 19.0 Å². The van der Waals surface area contributed by atoms with Gasteiger partial charge >= 0.3 is 5.82 Å². The lowest BCUT2D eigenvalue weighted by Gasteiger charge is -2.13. The highest BCUT2D eigenvalue weighted by atomic mass is 32.2. The molecule has 13 nitrogen and oxygen atoms in total. The van der Waals surface area contributed by atoms with Crippen LogP contribution >= 0.6 is 11.8 Å². The van der Waals surface area contributed by atoms with Crippen LogP contribution in [0.5, 0.6) is 0 Å². The van der Waals surface area contributed by atoms with E-state index in [-0.39, 0.29) is 29.8 Å². The Morgan fingerprint density at radius 3 is 2.89 bits per heavy atom. The number of fused-ring (bicyclic) bond motifs is 1. The van der Waals surface area contributed by atoms with Crippen molar-refractivity contribution in [2.45, 2.75) is 34.9 Å². The Kier molecular flexibility index (Phi) is 4.62. The molecule has 0 aliphatic carbocycles. The summed E-state index contributed by atoms with van der Waals surface area (Å²) in [5, 5.41) is 31.0. The number of aromatic nitrogens is 6. The molecule has 3 aromatic rings. The number of nitrogens with zero attached hydrogens (tertiary/aromatic N) is 7. The number of anilines is 1. The van der Waals surface area contributed by atoms with Gasteiger partial charge in [-0.15, -0.1) is 0 Å². The molecule has 3 atom stereocenters. The average molecular weight is 408 g/mol. The Morgan fingerprint density at radius 2 is 2.21 bits per heavy atom. The Hall–Kier alpha value is -2.81. The molecule has 148 valence electrons. The van der Waals surface area contributed by atoms with Crippen molar-refractivity contribution in [1.82, 2.24) is 29.1 Å². The molecule has 1 fully saturated rings. The first-order chi connectivity index (χ1) is 13.4. The van der Waals surface area contributed by atoms with Crippen molar-refractivity contribution in [1.29, 1.82) is 0 Å². The molecule has 1 saturated heterocycles. The van der Waals surface area contributed by atoms with Crippen LogP contribution in [-0.2, 0) is 11.8 Å². The minimum Gasteiger partial charge on any atom is -0.394 e. The standard InChI is InChI=1S/C14H16N8O5S/c1-20-4-17-11(22(25)26)13(20)28-12-9-10(18-14(15)19-12)21(5-16-9)8-2-6(24)7(3-23)27-8/h4-8,23-24H,2-3H2,1H3,(H2,15,18,19)/t6-,7+,8-/m1/s1. The van der Waals surface area contributed by atoms with Gasteiger partial charge in [0.2, 0.25) is 12.3 Å². The van der Waals surface area contributed by atoms with E-state index in [1.54, 1.807) is 11.6 Å².